The van der Waals surface area contributed by atoms with Crippen molar-refractivity contribution < 1.29 is 26.7 Å². The van der Waals surface area contributed by atoms with Gasteiger partial charge in [-0.2, -0.15) is 13.2 Å². The van der Waals surface area contributed by atoms with Crippen LogP contribution < -0.4 is 5.56 Å². The van der Waals surface area contributed by atoms with E-state index >= 15 is 0 Å². The van der Waals surface area contributed by atoms with Gasteiger partial charge in [0, 0.05) is 12.3 Å². The maximum absolute atomic E-state index is 12.4. The molecule has 0 saturated carbocycles. The fraction of sp³-hybridized carbons (Fsp3) is 0.333. The van der Waals surface area contributed by atoms with E-state index in [1.807, 2.05) is 0 Å². The highest BCUT2D eigenvalue weighted by Gasteiger charge is 2.31. The van der Waals surface area contributed by atoms with Crippen LogP contribution in [-0.4, -0.2) is 35.5 Å². The minimum absolute atomic E-state index is 0.186. The molecule has 2 rings (SSSR count). The summed E-state index contributed by atoms with van der Waals surface area (Å²) in [6.07, 6.45) is -3.85. The molecule has 0 spiro atoms. The van der Waals surface area contributed by atoms with E-state index < -0.39 is 43.9 Å². The zero-order valence-electron chi connectivity index (χ0n) is 9.80. The summed E-state index contributed by atoms with van der Waals surface area (Å²) in [4.78, 5) is 15.0. The lowest BCUT2D eigenvalue weighted by Gasteiger charge is -2.09. The molecule has 0 radical (unpaired) electrons. The van der Waals surface area contributed by atoms with E-state index in [9.17, 15) is 31.5 Å². The van der Waals surface area contributed by atoms with Crippen molar-refractivity contribution in [1.82, 2.24) is 9.55 Å². The topological polar surface area (TPSA) is 89.3 Å². The Balaban J connectivity index is 2.81. The molecule has 2 aromatic rings. The monoisotopic (exact) mass is 328 g/mol. The number of sulfone groups is 1. The molecule has 0 saturated heterocycles. The Kier molecular flexibility index (Phi) is 3.29. The summed E-state index contributed by atoms with van der Waals surface area (Å²) in [5.41, 5.74) is -1.62. The molecular formula is C9H7F3N2O4S2. The SMILES string of the molecule is CS(=O)(=O)c1nc2c(s1)c(O)cc(=O)n2CC(F)(F)F. The van der Waals surface area contributed by atoms with Crippen LogP contribution in [-0.2, 0) is 16.4 Å². The molecule has 0 bridgehead atoms. The summed E-state index contributed by atoms with van der Waals surface area (Å²) < 4.78 is 59.6. The third-order valence-corrected chi connectivity index (χ3v) is 5.00. The average molecular weight is 328 g/mol. The Bertz CT molecular complexity index is 835. The van der Waals surface area contributed by atoms with Gasteiger partial charge in [-0.15, -0.1) is 0 Å². The van der Waals surface area contributed by atoms with Gasteiger partial charge in [-0.25, -0.2) is 13.4 Å². The van der Waals surface area contributed by atoms with Crippen LogP contribution in [0, 0.1) is 0 Å². The summed E-state index contributed by atoms with van der Waals surface area (Å²) in [5, 5.41) is 9.53. The Hall–Kier alpha value is -1.62. The van der Waals surface area contributed by atoms with Crippen molar-refractivity contribution >= 4 is 31.5 Å². The summed E-state index contributed by atoms with van der Waals surface area (Å²) >= 11 is 0.504. The Labute approximate surface area is 114 Å². The number of rotatable bonds is 2. The van der Waals surface area contributed by atoms with Crippen molar-refractivity contribution in [3.63, 3.8) is 0 Å². The molecule has 0 aliphatic carbocycles. The Morgan fingerprint density at radius 1 is 1.45 bits per heavy atom. The highest BCUT2D eigenvalue weighted by atomic mass is 32.2. The normalized spacial score (nSPS) is 13.0. The second-order valence-electron chi connectivity index (χ2n) is 3.97. The van der Waals surface area contributed by atoms with E-state index in [0.717, 1.165) is 6.26 Å². The molecule has 0 atom stereocenters. The first kappa shape index (κ1) is 14.8. The van der Waals surface area contributed by atoms with E-state index in [1.165, 1.54) is 0 Å². The summed E-state index contributed by atoms with van der Waals surface area (Å²) in [6.45, 7) is -1.62. The molecule has 20 heavy (non-hydrogen) atoms. The Morgan fingerprint density at radius 2 is 2.05 bits per heavy atom. The summed E-state index contributed by atoms with van der Waals surface area (Å²) in [7, 11) is -3.76. The maximum Gasteiger partial charge on any atom is 0.406 e. The minimum atomic E-state index is -4.68. The van der Waals surface area contributed by atoms with Crippen molar-refractivity contribution in [3.05, 3.63) is 16.4 Å². The van der Waals surface area contributed by atoms with Crippen molar-refractivity contribution in [3.8, 4) is 5.75 Å². The summed E-state index contributed by atoms with van der Waals surface area (Å²) in [6, 6.07) is 0.596. The quantitative estimate of drug-likeness (QED) is 0.892. The second kappa shape index (κ2) is 4.45. The van der Waals surface area contributed by atoms with E-state index in [0.29, 0.717) is 17.4 Å². The number of nitrogens with zero attached hydrogens (tertiary/aromatic N) is 2. The van der Waals surface area contributed by atoms with Gasteiger partial charge in [0.2, 0.25) is 14.2 Å². The van der Waals surface area contributed by atoms with Crippen LogP contribution in [0.25, 0.3) is 10.3 Å². The third-order valence-electron chi connectivity index (χ3n) is 2.26. The molecule has 0 aromatic carbocycles. The largest absolute Gasteiger partial charge is 0.506 e. The second-order valence-corrected chi connectivity index (χ2v) is 7.16. The molecule has 0 aliphatic rings. The standard InChI is InChI=1S/C9H7F3N2O4S2/c1-20(17,18)8-13-7-6(19-8)4(15)2-5(16)14(7)3-9(10,11)12/h2,15H,3H2,1H3. The number of pyridine rings is 1. The van der Waals surface area contributed by atoms with Crippen LogP contribution in [0.1, 0.15) is 0 Å². The number of halogens is 3. The van der Waals surface area contributed by atoms with Gasteiger partial charge in [-0.3, -0.25) is 9.36 Å². The highest BCUT2D eigenvalue weighted by Crippen LogP contribution is 2.32. The number of aromatic nitrogens is 2. The fourth-order valence-electron chi connectivity index (χ4n) is 1.50. The van der Waals surface area contributed by atoms with Gasteiger partial charge in [0.1, 0.15) is 17.0 Å². The lowest BCUT2D eigenvalue weighted by atomic mass is 10.4. The van der Waals surface area contributed by atoms with Crippen LogP contribution in [0.2, 0.25) is 0 Å². The minimum Gasteiger partial charge on any atom is -0.506 e. The molecule has 6 nitrogen and oxygen atoms in total. The predicted octanol–water partition coefficient (Wildman–Crippen LogP) is 1.13. The molecule has 1 N–H and O–H groups in total. The highest BCUT2D eigenvalue weighted by molar-refractivity contribution is 7.92. The molecular weight excluding hydrogens is 321 g/mol. The number of hydrogen-bond donors (Lipinski definition) is 1. The maximum atomic E-state index is 12.4. The lowest BCUT2D eigenvalue weighted by molar-refractivity contribution is -0.140. The molecule has 11 heteroatoms. The van der Waals surface area contributed by atoms with Crippen molar-refractivity contribution in [2.45, 2.75) is 17.1 Å². The van der Waals surface area contributed by atoms with Crippen LogP contribution in [0.5, 0.6) is 5.75 Å². The smallest absolute Gasteiger partial charge is 0.406 e. The third kappa shape index (κ3) is 2.77. The van der Waals surface area contributed by atoms with Crippen LogP contribution in [0.4, 0.5) is 13.2 Å². The van der Waals surface area contributed by atoms with Gasteiger partial charge in [0.15, 0.2) is 5.65 Å². The van der Waals surface area contributed by atoms with Crippen LogP contribution >= 0.6 is 11.3 Å². The van der Waals surface area contributed by atoms with Crippen molar-refractivity contribution in [2.24, 2.45) is 0 Å². The predicted molar refractivity (Wildman–Crippen MR) is 64.7 cm³/mol. The number of fused-ring (bicyclic) bond motifs is 1. The van der Waals surface area contributed by atoms with Gasteiger partial charge in [0.05, 0.1) is 0 Å². The number of hydrogen-bond acceptors (Lipinski definition) is 6. The van der Waals surface area contributed by atoms with E-state index in [4.69, 9.17) is 0 Å². The van der Waals surface area contributed by atoms with Gasteiger partial charge in [-0.1, -0.05) is 11.3 Å². The average Bonchev–Trinajstić information content (AvgIpc) is 2.67. The first-order valence-corrected chi connectivity index (χ1v) is 7.70. The summed E-state index contributed by atoms with van der Waals surface area (Å²) in [5.74, 6) is -0.601. The van der Waals surface area contributed by atoms with E-state index in [1.54, 1.807) is 0 Å². The van der Waals surface area contributed by atoms with E-state index in [2.05, 4.69) is 4.98 Å². The molecule has 0 aliphatic heterocycles. The van der Waals surface area contributed by atoms with Crippen molar-refractivity contribution in [1.29, 1.82) is 0 Å². The molecule has 0 fully saturated rings. The molecule has 0 amide bonds. The molecule has 110 valence electrons. The first-order valence-electron chi connectivity index (χ1n) is 4.99. The zero-order valence-corrected chi connectivity index (χ0v) is 11.4. The number of aromatic hydroxyl groups is 1. The van der Waals surface area contributed by atoms with Crippen LogP contribution in [0.15, 0.2) is 15.2 Å². The fourth-order valence-corrected chi connectivity index (χ4v) is 3.32. The van der Waals surface area contributed by atoms with Gasteiger partial charge in [0.25, 0.3) is 5.56 Å². The van der Waals surface area contributed by atoms with Crippen LogP contribution in [0.3, 0.4) is 0 Å². The van der Waals surface area contributed by atoms with Gasteiger partial charge >= 0.3 is 6.18 Å². The van der Waals surface area contributed by atoms with Gasteiger partial charge in [-0.05, 0) is 0 Å². The molecule has 2 aromatic heterocycles. The zero-order chi connectivity index (χ0) is 15.3. The number of thiazole rings is 1. The van der Waals surface area contributed by atoms with Crippen molar-refractivity contribution in [2.75, 3.05) is 6.26 Å². The first-order chi connectivity index (χ1) is 8.99. The molecule has 0 unspecified atom stereocenters. The number of alkyl halides is 3. The lowest BCUT2D eigenvalue weighted by Crippen LogP contribution is -2.27. The van der Waals surface area contributed by atoms with Gasteiger partial charge < -0.3 is 5.11 Å². The van der Waals surface area contributed by atoms with E-state index in [-0.39, 0.29) is 9.27 Å². The Morgan fingerprint density at radius 3 is 2.55 bits per heavy atom. The molecule has 2 heterocycles.